The van der Waals surface area contributed by atoms with Crippen molar-refractivity contribution in [3.8, 4) is 0 Å². The van der Waals surface area contributed by atoms with Gasteiger partial charge in [0.25, 0.3) is 0 Å². The summed E-state index contributed by atoms with van der Waals surface area (Å²) in [6.45, 7) is 2.03. The van der Waals surface area contributed by atoms with Crippen molar-refractivity contribution in [3.05, 3.63) is 28.0 Å². The molecule has 1 aromatic heterocycles. The van der Waals surface area contributed by atoms with Crippen LogP contribution >= 0.6 is 11.3 Å². The zero-order valence-corrected chi connectivity index (χ0v) is 11.4. The van der Waals surface area contributed by atoms with Gasteiger partial charge < -0.3 is 10.4 Å². The SMILES string of the molecule is Cc1ccsc1/C=C/C(=O)N[C@@H]1CCCC[C@H]1O. The number of hydrogen-bond acceptors (Lipinski definition) is 3. The van der Waals surface area contributed by atoms with E-state index in [9.17, 15) is 9.90 Å². The molecule has 0 spiro atoms. The number of aliphatic hydroxyl groups is 1. The van der Waals surface area contributed by atoms with Gasteiger partial charge in [-0.1, -0.05) is 12.8 Å². The van der Waals surface area contributed by atoms with Crippen molar-refractivity contribution >= 4 is 23.3 Å². The summed E-state index contributed by atoms with van der Waals surface area (Å²) in [4.78, 5) is 12.9. The molecule has 1 heterocycles. The normalized spacial score (nSPS) is 24.3. The van der Waals surface area contributed by atoms with E-state index in [2.05, 4.69) is 5.32 Å². The molecule has 1 aromatic rings. The Morgan fingerprint density at radius 3 is 2.94 bits per heavy atom. The summed E-state index contributed by atoms with van der Waals surface area (Å²) in [5.74, 6) is -0.117. The van der Waals surface area contributed by atoms with Crippen LogP contribution in [-0.4, -0.2) is 23.2 Å². The lowest BCUT2D eigenvalue weighted by Crippen LogP contribution is -2.44. The number of amides is 1. The molecular weight excluding hydrogens is 246 g/mol. The molecule has 4 heteroatoms. The average molecular weight is 265 g/mol. The molecule has 2 rings (SSSR count). The first-order chi connectivity index (χ1) is 8.66. The summed E-state index contributed by atoms with van der Waals surface area (Å²) in [5.41, 5.74) is 1.18. The predicted octanol–water partition coefficient (Wildman–Crippen LogP) is 2.49. The Kier molecular flexibility index (Phi) is 4.55. The van der Waals surface area contributed by atoms with Gasteiger partial charge in [-0.25, -0.2) is 0 Å². The van der Waals surface area contributed by atoms with Crippen LogP contribution in [0.15, 0.2) is 17.5 Å². The van der Waals surface area contributed by atoms with Crippen LogP contribution in [0.4, 0.5) is 0 Å². The monoisotopic (exact) mass is 265 g/mol. The molecule has 2 atom stereocenters. The van der Waals surface area contributed by atoms with Crippen LogP contribution in [0.1, 0.15) is 36.1 Å². The van der Waals surface area contributed by atoms with E-state index in [-0.39, 0.29) is 18.1 Å². The predicted molar refractivity (Wildman–Crippen MR) is 74.5 cm³/mol. The van der Waals surface area contributed by atoms with E-state index in [1.165, 1.54) is 5.56 Å². The van der Waals surface area contributed by atoms with Crippen molar-refractivity contribution in [3.63, 3.8) is 0 Å². The summed E-state index contributed by atoms with van der Waals surface area (Å²) >= 11 is 1.62. The third-order valence-electron chi connectivity index (χ3n) is 3.34. The van der Waals surface area contributed by atoms with Crippen molar-refractivity contribution in [2.24, 2.45) is 0 Å². The van der Waals surface area contributed by atoms with E-state index in [4.69, 9.17) is 0 Å². The highest BCUT2D eigenvalue weighted by molar-refractivity contribution is 7.11. The molecule has 1 amide bonds. The van der Waals surface area contributed by atoms with E-state index in [1.807, 2.05) is 24.4 Å². The van der Waals surface area contributed by atoms with Crippen LogP contribution in [0.5, 0.6) is 0 Å². The first kappa shape index (κ1) is 13.3. The number of carbonyl (C=O) groups is 1. The van der Waals surface area contributed by atoms with Crippen LogP contribution in [0.3, 0.4) is 0 Å². The van der Waals surface area contributed by atoms with Gasteiger partial charge >= 0.3 is 0 Å². The fourth-order valence-electron chi connectivity index (χ4n) is 2.22. The van der Waals surface area contributed by atoms with Gasteiger partial charge in [0, 0.05) is 11.0 Å². The third kappa shape index (κ3) is 3.43. The van der Waals surface area contributed by atoms with Crippen LogP contribution in [0.25, 0.3) is 6.08 Å². The molecule has 0 unspecified atom stereocenters. The number of hydrogen-bond donors (Lipinski definition) is 2. The van der Waals surface area contributed by atoms with E-state index in [1.54, 1.807) is 17.4 Å². The van der Waals surface area contributed by atoms with E-state index < -0.39 is 0 Å². The highest BCUT2D eigenvalue weighted by Gasteiger charge is 2.23. The van der Waals surface area contributed by atoms with Gasteiger partial charge in [0.05, 0.1) is 12.1 Å². The maximum absolute atomic E-state index is 11.8. The molecule has 18 heavy (non-hydrogen) atoms. The molecule has 2 N–H and O–H groups in total. The Hall–Kier alpha value is -1.13. The molecule has 1 saturated carbocycles. The van der Waals surface area contributed by atoms with Gasteiger partial charge in [-0.2, -0.15) is 0 Å². The summed E-state index contributed by atoms with van der Waals surface area (Å²) in [5, 5.41) is 14.7. The third-order valence-corrected chi connectivity index (χ3v) is 4.33. The number of carbonyl (C=O) groups excluding carboxylic acids is 1. The van der Waals surface area contributed by atoms with E-state index >= 15 is 0 Å². The minimum absolute atomic E-state index is 0.0830. The fraction of sp³-hybridized carbons (Fsp3) is 0.500. The highest BCUT2D eigenvalue weighted by atomic mass is 32.1. The van der Waals surface area contributed by atoms with Crippen molar-refractivity contribution < 1.29 is 9.90 Å². The van der Waals surface area contributed by atoms with Crippen molar-refractivity contribution in [2.75, 3.05) is 0 Å². The van der Waals surface area contributed by atoms with Gasteiger partial charge in [-0.3, -0.25) is 4.79 Å². The van der Waals surface area contributed by atoms with Gasteiger partial charge in [-0.05, 0) is 42.9 Å². The Balaban J connectivity index is 1.88. The maximum Gasteiger partial charge on any atom is 0.244 e. The van der Waals surface area contributed by atoms with Crippen molar-refractivity contribution in [1.29, 1.82) is 0 Å². The number of nitrogens with one attached hydrogen (secondary N) is 1. The average Bonchev–Trinajstić information content (AvgIpc) is 2.75. The molecule has 98 valence electrons. The lowest BCUT2D eigenvalue weighted by Gasteiger charge is -2.27. The summed E-state index contributed by atoms with van der Waals surface area (Å²) in [6.07, 6.45) is 6.80. The second kappa shape index (κ2) is 6.16. The van der Waals surface area contributed by atoms with Crippen LogP contribution in [-0.2, 0) is 4.79 Å². The van der Waals surface area contributed by atoms with Crippen molar-refractivity contribution in [1.82, 2.24) is 5.32 Å². The van der Waals surface area contributed by atoms with Crippen molar-refractivity contribution in [2.45, 2.75) is 44.8 Å². The number of thiophene rings is 1. The highest BCUT2D eigenvalue weighted by Crippen LogP contribution is 2.19. The summed E-state index contributed by atoms with van der Waals surface area (Å²) in [7, 11) is 0. The fourth-order valence-corrected chi connectivity index (χ4v) is 3.04. The zero-order valence-electron chi connectivity index (χ0n) is 10.6. The Bertz CT molecular complexity index is 439. The van der Waals surface area contributed by atoms with Gasteiger partial charge in [-0.15, -0.1) is 11.3 Å². The largest absolute Gasteiger partial charge is 0.391 e. The number of aryl methyl sites for hydroxylation is 1. The minimum atomic E-state index is -0.389. The lowest BCUT2D eigenvalue weighted by molar-refractivity contribution is -0.118. The first-order valence-electron chi connectivity index (χ1n) is 6.37. The summed E-state index contributed by atoms with van der Waals surface area (Å²) < 4.78 is 0. The van der Waals surface area contributed by atoms with E-state index in [0.29, 0.717) is 0 Å². The second-order valence-electron chi connectivity index (χ2n) is 4.77. The molecule has 3 nitrogen and oxygen atoms in total. The molecule has 0 saturated heterocycles. The van der Waals surface area contributed by atoms with Gasteiger partial charge in [0.1, 0.15) is 0 Å². The van der Waals surface area contributed by atoms with Gasteiger partial charge in [0.2, 0.25) is 5.91 Å². The summed E-state index contributed by atoms with van der Waals surface area (Å²) in [6, 6.07) is 1.95. The topological polar surface area (TPSA) is 49.3 Å². The van der Waals surface area contributed by atoms with E-state index in [0.717, 1.165) is 30.6 Å². The molecule has 0 aromatic carbocycles. The van der Waals surface area contributed by atoms with Crippen LogP contribution in [0.2, 0.25) is 0 Å². The minimum Gasteiger partial charge on any atom is -0.391 e. The van der Waals surface area contributed by atoms with Gasteiger partial charge in [0.15, 0.2) is 0 Å². The first-order valence-corrected chi connectivity index (χ1v) is 7.25. The molecular formula is C14H19NO2S. The zero-order chi connectivity index (χ0) is 13.0. The second-order valence-corrected chi connectivity index (χ2v) is 5.72. The Morgan fingerprint density at radius 2 is 2.28 bits per heavy atom. The Labute approximate surface area is 112 Å². The lowest BCUT2D eigenvalue weighted by atomic mass is 9.92. The van der Waals surface area contributed by atoms with Crippen LogP contribution < -0.4 is 5.32 Å². The standard InChI is InChI=1S/C14H19NO2S/c1-10-8-9-18-13(10)6-7-14(17)15-11-4-2-3-5-12(11)16/h6-9,11-12,16H,2-5H2,1H3,(H,15,17)/b7-6+/t11-,12-/m1/s1. The molecule has 0 bridgehead atoms. The maximum atomic E-state index is 11.8. The van der Waals surface area contributed by atoms with Crippen LogP contribution in [0, 0.1) is 6.92 Å². The number of rotatable bonds is 3. The molecule has 1 aliphatic rings. The molecule has 0 aliphatic heterocycles. The molecule has 0 radical (unpaired) electrons. The quantitative estimate of drug-likeness (QED) is 0.825. The molecule has 1 aliphatic carbocycles. The number of aliphatic hydroxyl groups excluding tert-OH is 1. The Morgan fingerprint density at radius 1 is 1.50 bits per heavy atom. The molecule has 1 fully saturated rings. The smallest absolute Gasteiger partial charge is 0.244 e.